The molecule has 0 aliphatic heterocycles. The second kappa shape index (κ2) is 6.16. The van der Waals surface area contributed by atoms with E-state index in [1.165, 1.54) is 7.11 Å². The van der Waals surface area contributed by atoms with Crippen LogP contribution < -0.4 is 0 Å². The summed E-state index contributed by atoms with van der Waals surface area (Å²) in [7, 11) is 1.38. The van der Waals surface area contributed by atoms with Crippen molar-refractivity contribution in [2.45, 2.75) is 20.3 Å². The normalized spacial score (nSPS) is 10.2. The van der Waals surface area contributed by atoms with Gasteiger partial charge in [0.05, 0.1) is 20.1 Å². The fourth-order valence-electron chi connectivity index (χ4n) is 0.577. The number of methoxy groups -OCH3 is 1. The zero-order valence-electron chi connectivity index (χ0n) is 7.42. The molecule has 0 radical (unpaired) electrons. The summed E-state index contributed by atoms with van der Waals surface area (Å²) < 4.78 is 9.61. The van der Waals surface area contributed by atoms with Gasteiger partial charge >= 0.3 is 5.97 Å². The molecule has 0 heterocycles. The van der Waals surface area contributed by atoms with Crippen LogP contribution in [0.4, 0.5) is 0 Å². The Morgan fingerprint density at radius 1 is 1.45 bits per heavy atom. The predicted octanol–water partition coefficient (Wildman–Crippen LogP) is 1.22. The first kappa shape index (κ1) is 10.4. The number of rotatable bonds is 5. The Kier molecular flexibility index (Phi) is 5.84. The van der Waals surface area contributed by atoms with Gasteiger partial charge in [0.15, 0.2) is 0 Å². The van der Waals surface area contributed by atoms with Crippen molar-refractivity contribution < 1.29 is 14.3 Å². The summed E-state index contributed by atoms with van der Waals surface area (Å²) in [5.41, 5.74) is 0. The number of carbonyl (C=O) groups is 1. The highest BCUT2D eigenvalue weighted by Gasteiger charge is 1.99. The fourth-order valence-corrected chi connectivity index (χ4v) is 0.577. The number of esters is 1. The van der Waals surface area contributed by atoms with Crippen LogP contribution in [0.1, 0.15) is 20.3 Å². The minimum atomic E-state index is -0.214. The zero-order chi connectivity index (χ0) is 8.69. The van der Waals surface area contributed by atoms with Crippen LogP contribution in [0.2, 0.25) is 0 Å². The van der Waals surface area contributed by atoms with E-state index in [-0.39, 0.29) is 5.97 Å². The zero-order valence-corrected chi connectivity index (χ0v) is 7.42. The maximum absolute atomic E-state index is 10.6. The van der Waals surface area contributed by atoms with E-state index in [4.69, 9.17) is 4.74 Å². The molecule has 0 aliphatic carbocycles. The van der Waals surface area contributed by atoms with Crippen molar-refractivity contribution in [2.24, 2.45) is 5.92 Å². The number of ether oxygens (including phenoxy) is 2. The van der Waals surface area contributed by atoms with Gasteiger partial charge in [-0.25, -0.2) is 0 Å². The van der Waals surface area contributed by atoms with Gasteiger partial charge in [0, 0.05) is 6.61 Å². The lowest BCUT2D eigenvalue weighted by atomic mass is 10.2. The van der Waals surface area contributed by atoms with Crippen molar-refractivity contribution >= 4 is 5.97 Å². The van der Waals surface area contributed by atoms with Gasteiger partial charge in [-0.1, -0.05) is 13.8 Å². The smallest absolute Gasteiger partial charge is 0.307 e. The molecule has 0 atom stereocenters. The van der Waals surface area contributed by atoms with Crippen LogP contribution >= 0.6 is 0 Å². The molecule has 66 valence electrons. The molecule has 0 saturated carbocycles. The highest BCUT2D eigenvalue weighted by atomic mass is 16.5. The molecule has 0 fully saturated rings. The van der Waals surface area contributed by atoms with Crippen LogP contribution in [0.3, 0.4) is 0 Å². The Morgan fingerprint density at radius 2 is 2.09 bits per heavy atom. The molecule has 0 aromatic carbocycles. The molecule has 11 heavy (non-hydrogen) atoms. The highest BCUT2D eigenvalue weighted by Crippen LogP contribution is 1.93. The van der Waals surface area contributed by atoms with Crippen molar-refractivity contribution in [3.05, 3.63) is 0 Å². The second-order valence-electron chi connectivity index (χ2n) is 2.79. The molecule has 0 N–H and O–H groups in total. The lowest BCUT2D eigenvalue weighted by molar-refractivity contribution is -0.141. The standard InChI is InChI=1S/C8H16O3/c1-7(2)6-11-5-4-8(9)10-3/h7H,4-6H2,1-3H3. The van der Waals surface area contributed by atoms with Crippen LogP contribution in [0, 0.1) is 5.92 Å². The lowest BCUT2D eigenvalue weighted by Gasteiger charge is -2.04. The topological polar surface area (TPSA) is 35.5 Å². The van der Waals surface area contributed by atoms with Crippen LogP contribution in [0.5, 0.6) is 0 Å². The van der Waals surface area contributed by atoms with E-state index in [0.717, 1.165) is 0 Å². The minimum Gasteiger partial charge on any atom is -0.469 e. The molecule has 3 nitrogen and oxygen atoms in total. The summed E-state index contributed by atoms with van der Waals surface area (Å²) in [5, 5.41) is 0. The summed E-state index contributed by atoms with van der Waals surface area (Å²) >= 11 is 0. The summed E-state index contributed by atoms with van der Waals surface area (Å²) in [6.07, 6.45) is 0.350. The maximum Gasteiger partial charge on any atom is 0.307 e. The monoisotopic (exact) mass is 160 g/mol. The molecule has 0 bridgehead atoms. The Balaban J connectivity index is 3.08. The SMILES string of the molecule is COC(=O)CCOCC(C)C. The van der Waals surface area contributed by atoms with E-state index in [2.05, 4.69) is 18.6 Å². The largest absolute Gasteiger partial charge is 0.469 e. The van der Waals surface area contributed by atoms with Gasteiger partial charge in [0.25, 0.3) is 0 Å². The first-order chi connectivity index (χ1) is 5.16. The first-order valence-electron chi connectivity index (χ1n) is 3.81. The molecule has 0 amide bonds. The molecule has 3 heteroatoms. The number of carbonyl (C=O) groups excluding carboxylic acids is 1. The Hall–Kier alpha value is -0.570. The van der Waals surface area contributed by atoms with Gasteiger partial charge in [-0.3, -0.25) is 4.79 Å². The summed E-state index contributed by atoms with van der Waals surface area (Å²) in [5.74, 6) is 0.307. The van der Waals surface area contributed by atoms with Crippen molar-refractivity contribution in [1.82, 2.24) is 0 Å². The highest BCUT2D eigenvalue weighted by molar-refractivity contribution is 5.69. The van der Waals surface area contributed by atoms with Crippen LogP contribution in [0.15, 0.2) is 0 Å². The molecular weight excluding hydrogens is 144 g/mol. The van der Waals surface area contributed by atoms with E-state index in [1.54, 1.807) is 0 Å². The minimum absolute atomic E-state index is 0.214. The lowest BCUT2D eigenvalue weighted by Crippen LogP contribution is -2.08. The van der Waals surface area contributed by atoms with Crippen molar-refractivity contribution in [2.75, 3.05) is 20.3 Å². The Labute approximate surface area is 67.7 Å². The molecule has 0 spiro atoms. The van der Waals surface area contributed by atoms with E-state index in [1.807, 2.05) is 0 Å². The number of hydrogen-bond acceptors (Lipinski definition) is 3. The van der Waals surface area contributed by atoms with Crippen LogP contribution in [0.25, 0.3) is 0 Å². The van der Waals surface area contributed by atoms with Crippen molar-refractivity contribution in [1.29, 1.82) is 0 Å². The van der Waals surface area contributed by atoms with E-state index in [0.29, 0.717) is 25.6 Å². The summed E-state index contributed by atoms with van der Waals surface area (Å²) in [6, 6.07) is 0. The second-order valence-corrected chi connectivity index (χ2v) is 2.79. The third-order valence-corrected chi connectivity index (χ3v) is 1.13. The van der Waals surface area contributed by atoms with Gasteiger partial charge in [-0.05, 0) is 5.92 Å². The molecule has 0 aromatic heterocycles. The molecule has 0 aliphatic rings. The van der Waals surface area contributed by atoms with E-state index >= 15 is 0 Å². The summed E-state index contributed by atoms with van der Waals surface area (Å²) in [4.78, 5) is 10.6. The first-order valence-corrected chi connectivity index (χ1v) is 3.81. The fraction of sp³-hybridized carbons (Fsp3) is 0.875. The molecule has 0 unspecified atom stereocenters. The molecule has 0 aromatic rings. The van der Waals surface area contributed by atoms with Gasteiger partial charge < -0.3 is 9.47 Å². The molecular formula is C8H16O3. The van der Waals surface area contributed by atoms with Crippen molar-refractivity contribution in [3.8, 4) is 0 Å². The average Bonchev–Trinajstić information content (AvgIpc) is 1.97. The average molecular weight is 160 g/mol. The van der Waals surface area contributed by atoms with E-state index < -0.39 is 0 Å². The third kappa shape index (κ3) is 7.33. The molecule has 0 saturated heterocycles. The van der Waals surface area contributed by atoms with Gasteiger partial charge in [-0.15, -0.1) is 0 Å². The van der Waals surface area contributed by atoms with E-state index in [9.17, 15) is 4.79 Å². The predicted molar refractivity (Wildman–Crippen MR) is 42.3 cm³/mol. The number of hydrogen-bond donors (Lipinski definition) is 0. The third-order valence-electron chi connectivity index (χ3n) is 1.13. The van der Waals surface area contributed by atoms with Gasteiger partial charge in [-0.2, -0.15) is 0 Å². The van der Waals surface area contributed by atoms with Crippen LogP contribution in [-0.4, -0.2) is 26.3 Å². The van der Waals surface area contributed by atoms with Crippen molar-refractivity contribution in [3.63, 3.8) is 0 Å². The summed E-state index contributed by atoms with van der Waals surface area (Å²) in [6.45, 7) is 5.30. The van der Waals surface area contributed by atoms with Gasteiger partial charge in [0.2, 0.25) is 0 Å². The quantitative estimate of drug-likeness (QED) is 0.448. The van der Waals surface area contributed by atoms with Crippen LogP contribution in [-0.2, 0) is 14.3 Å². The van der Waals surface area contributed by atoms with Gasteiger partial charge in [0.1, 0.15) is 0 Å². The molecule has 0 rings (SSSR count). The Morgan fingerprint density at radius 3 is 2.55 bits per heavy atom. The Bertz CT molecular complexity index is 110. The maximum atomic E-state index is 10.6.